The van der Waals surface area contributed by atoms with Gasteiger partial charge in [0.1, 0.15) is 0 Å². The van der Waals surface area contributed by atoms with Gasteiger partial charge in [-0.25, -0.2) is 0 Å². The van der Waals surface area contributed by atoms with E-state index >= 15 is 0 Å². The second kappa shape index (κ2) is 37.9. The van der Waals surface area contributed by atoms with E-state index in [9.17, 15) is 0 Å². The average Bonchev–Trinajstić information content (AvgIpc) is 0.812. The van der Waals surface area contributed by atoms with Gasteiger partial charge >= 0.3 is 0 Å². The summed E-state index contributed by atoms with van der Waals surface area (Å²) in [5, 5.41) is 0. The summed E-state index contributed by atoms with van der Waals surface area (Å²) in [6, 6.07) is 166. The van der Waals surface area contributed by atoms with Crippen molar-refractivity contribution in [1.29, 1.82) is 0 Å². The zero-order valence-corrected chi connectivity index (χ0v) is 65.0. The van der Waals surface area contributed by atoms with Gasteiger partial charge in [0.2, 0.25) is 0 Å². The third-order valence-electron chi connectivity index (χ3n) is 20.3. The molecule has 0 unspecified atom stereocenters. The van der Waals surface area contributed by atoms with Gasteiger partial charge in [-0.15, -0.1) is 0 Å². The van der Waals surface area contributed by atoms with Crippen LogP contribution in [0.1, 0.15) is 27.8 Å². The van der Waals surface area contributed by atoms with E-state index in [1.807, 2.05) is 0 Å². The number of aryl methyl sites for hydroxylation is 5. The van der Waals surface area contributed by atoms with E-state index in [0.29, 0.717) is 0 Å². The lowest BCUT2D eigenvalue weighted by Crippen LogP contribution is -1.89. The molecule has 0 spiro atoms. The second-order valence-corrected chi connectivity index (χ2v) is 28.6. The van der Waals surface area contributed by atoms with E-state index in [2.05, 4.69) is 502 Å². The quantitative estimate of drug-likeness (QED) is 0.108. The van der Waals surface area contributed by atoms with Crippen molar-refractivity contribution in [1.82, 2.24) is 0 Å². The highest BCUT2D eigenvalue weighted by molar-refractivity contribution is 5.94. The third-order valence-corrected chi connectivity index (χ3v) is 20.3. The molecule has 0 atom stereocenters. The van der Waals surface area contributed by atoms with Gasteiger partial charge in [-0.2, -0.15) is 0 Å². The third kappa shape index (κ3) is 19.7. The summed E-state index contributed by atoms with van der Waals surface area (Å²) in [6.07, 6.45) is 0. The van der Waals surface area contributed by atoms with Gasteiger partial charge in [-0.3, -0.25) is 0 Å². The van der Waals surface area contributed by atoms with Crippen molar-refractivity contribution < 1.29 is 0 Å². The van der Waals surface area contributed by atoms with Crippen LogP contribution in [0, 0.1) is 34.6 Å². The lowest BCUT2D eigenvalue weighted by atomic mass is 9.89. The molecular formula is C113H92. The molecule has 113 heavy (non-hydrogen) atoms. The van der Waals surface area contributed by atoms with Crippen molar-refractivity contribution in [2.45, 2.75) is 34.6 Å². The van der Waals surface area contributed by atoms with Gasteiger partial charge in [0.15, 0.2) is 0 Å². The Morgan fingerprint density at radius 1 is 0.0885 bits per heavy atom. The van der Waals surface area contributed by atoms with Crippen LogP contribution in [0.15, 0.2) is 467 Å². The van der Waals surface area contributed by atoms with Crippen molar-refractivity contribution in [3.05, 3.63) is 495 Å². The van der Waals surface area contributed by atoms with E-state index in [0.717, 1.165) is 0 Å². The van der Waals surface area contributed by atoms with Gasteiger partial charge in [-0.1, -0.05) is 477 Å². The van der Waals surface area contributed by atoms with Crippen LogP contribution in [-0.4, -0.2) is 0 Å². The first-order valence-corrected chi connectivity index (χ1v) is 39.0. The number of benzene rings is 18. The summed E-state index contributed by atoms with van der Waals surface area (Å²) in [5.74, 6) is 0. The molecule has 0 heteroatoms. The second-order valence-electron chi connectivity index (χ2n) is 28.6. The SMILES string of the molecule is Cc1cc(-c2ccccc2)cc(-c2ccccc2)c1.Cc1ccc(-c2ccccc2)c(-c2ccccc2)c1.Cc1ccc(-c2ccccc2-c2ccccc2-c2ccccc2)cc1.Cc1cccc(-c2ccccc2-c2cccc(-c3ccccc3)c2)c1.Cc1cccc(-c2ccccc2-c2ccccc2-c2ccccc2)c1. The molecule has 18 aromatic rings. The van der Waals surface area contributed by atoms with E-state index in [-0.39, 0.29) is 0 Å². The summed E-state index contributed by atoms with van der Waals surface area (Å²) in [5.41, 5.74) is 39.4. The Morgan fingerprint density at radius 2 is 0.292 bits per heavy atom. The molecule has 544 valence electrons. The zero-order chi connectivity index (χ0) is 77.3. The van der Waals surface area contributed by atoms with Crippen LogP contribution in [0.4, 0.5) is 0 Å². The van der Waals surface area contributed by atoms with Crippen LogP contribution < -0.4 is 0 Å². The maximum atomic E-state index is 2.28. The fourth-order valence-electron chi connectivity index (χ4n) is 14.7. The highest BCUT2D eigenvalue weighted by atomic mass is 14.2. The lowest BCUT2D eigenvalue weighted by molar-refractivity contribution is 1.46. The molecule has 0 N–H and O–H groups in total. The van der Waals surface area contributed by atoms with Gasteiger partial charge < -0.3 is 0 Å². The lowest BCUT2D eigenvalue weighted by Gasteiger charge is -2.15. The molecule has 0 amide bonds. The summed E-state index contributed by atoms with van der Waals surface area (Å²) < 4.78 is 0. The van der Waals surface area contributed by atoms with Crippen LogP contribution in [0.2, 0.25) is 0 Å². The number of hydrogen-bond donors (Lipinski definition) is 0. The topological polar surface area (TPSA) is 0 Å². The minimum absolute atomic E-state index is 1.25. The van der Waals surface area contributed by atoms with Crippen molar-refractivity contribution in [3.63, 3.8) is 0 Å². The van der Waals surface area contributed by atoms with E-state index < -0.39 is 0 Å². The smallest absolute Gasteiger partial charge is 0.00992 e. The Morgan fingerprint density at radius 3 is 0.637 bits per heavy atom. The molecule has 0 aromatic heterocycles. The molecule has 0 radical (unpaired) electrons. The molecule has 0 fully saturated rings. The molecule has 0 saturated carbocycles. The first-order chi connectivity index (χ1) is 55.6. The Labute approximate surface area is 669 Å². The monoisotopic (exact) mass is 1450 g/mol. The van der Waals surface area contributed by atoms with Crippen molar-refractivity contribution in [2.75, 3.05) is 0 Å². The molecule has 0 bridgehead atoms. The number of rotatable bonds is 13. The van der Waals surface area contributed by atoms with Crippen LogP contribution >= 0.6 is 0 Å². The largest absolute Gasteiger partial charge is 0.0622 e. The molecular weight excluding hydrogens is 1360 g/mol. The summed E-state index contributed by atoms with van der Waals surface area (Å²) in [7, 11) is 0. The number of hydrogen-bond acceptors (Lipinski definition) is 0. The average molecular weight is 1450 g/mol. The Balaban J connectivity index is 0.000000118. The van der Waals surface area contributed by atoms with Gasteiger partial charge in [0, 0.05) is 0 Å². The first kappa shape index (κ1) is 75.8. The molecule has 18 aromatic carbocycles. The van der Waals surface area contributed by atoms with Crippen molar-refractivity contribution in [3.8, 4) is 145 Å². The maximum absolute atomic E-state index is 2.28. The molecule has 0 heterocycles. The predicted octanol–water partition coefficient (Wildman–Crippen LogP) is 31.6. The molecule has 0 aliphatic carbocycles. The molecule has 0 nitrogen and oxygen atoms in total. The molecule has 18 rings (SSSR count). The van der Waals surface area contributed by atoms with E-state index in [1.165, 1.54) is 172 Å². The summed E-state index contributed by atoms with van der Waals surface area (Å²) in [6.45, 7) is 10.7. The standard InChI is InChI=1S/3C25H20.2C19H16/c1-19-10-9-13-21(18-19)23-15-6-8-17-25(23)24-16-7-5-14-22(24)20-11-3-2-4-12-20;1-19-15-17-21(18-16-19)23-12-6-8-14-25(23)24-13-7-5-11-22(24)20-9-3-2-4-10-20;1-19-9-7-13-22(17-19)24-15-5-6-16-25(24)23-14-8-12-21(18-23)20-10-3-2-4-11-20;1-15-12-18(16-8-4-2-5-9-16)14-19(13-15)17-10-6-3-7-11-17;1-15-12-13-18(16-8-4-2-5-9-16)19(14-15)17-10-6-3-7-11-17/h3*2-18H,1H3;2*2-14H,1H3. The van der Waals surface area contributed by atoms with Crippen LogP contribution in [0.25, 0.3) is 145 Å². The highest BCUT2D eigenvalue weighted by Gasteiger charge is 2.16. The summed E-state index contributed by atoms with van der Waals surface area (Å²) in [4.78, 5) is 0. The van der Waals surface area contributed by atoms with E-state index in [1.54, 1.807) is 0 Å². The highest BCUT2D eigenvalue weighted by Crippen LogP contribution is 2.42. The summed E-state index contributed by atoms with van der Waals surface area (Å²) >= 11 is 0. The molecule has 0 aliphatic heterocycles. The fourth-order valence-corrected chi connectivity index (χ4v) is 14.7. The minimum atomic E-state index is 1.25. The Kier molecular flexibility index (Phi) is 25.4. The van der Waals surface area contributed by atoms with Crippen molar-refractivity contribution in [2.24, 2.45) is 0 Å². The molecule has 0 aliphatic rings. The van der Waals surface area contributed by atoms with Gasteiger partial charge in [0.05, 0.1) is 0 Å². The van der Waals surface area contributed by atoms with Crippen LogP contribution in [0.3, 0.4) is 0 Å². The fraction of sp³-hybridized carbons (Fsp3) is 0.0442. The first-order valence-electron chi connectivity index (χ1n) is 39.0. The van der Waals surface area contributed by atoms with Gasteiger partial charge in [-0.05, 0) is 197 Å². The Bertz CT molecular complexity index is 5980. The molecule has 0 saturated heterocycles. The maximum Gasteiger partial charge on any atom is -0.00992 e. The predicted molar refractivity (Wildman–Crippen MR) is 487 cm³/mol. The minimum Gasteiger partial charge on any atom is -0.0622 e. The Hall–Kier alpha value is -14.0. The normalized spacial score (nSPS) is 10.5. The van der Waals surface area contributed by atoms with Crippen LogP contribution in [-0.2, 0) is 0 Å². The van der Waals surface area contributed by atoms with Crippen LogP contribution in [0.5, 0.6) is 0 Å². The van der Waals surface area contributed by atoms with Crippen molar-refractivity contribution >= 4 is 0 Å². The van der Waals surface area contributed by atoms with E-state index in [4.69, 9.17) is 0 Å². The van der Waals surface area contributed by atoms with Gasteiger partial charge in [0.25, 0.3) is 0 Å². The zero-order valence-electron chi connectivity index (χ0n) is 65.0.